The number of benzene rings is 2. The van der Waals surface area contributed by atoms with Crippen molar-refractivity contribution in [2.75, 3.05) is 56.1 Å². The number of hydrogen-bond acceptors (Lipinski definition) is 4. The Hall–Kier alpha value is -2.57. The van der Waals surface area contributed by atoms with Crippen LogP contribution in [0.1, 0.15) is 25.7 Å². The molecule has 2 aromatic carbocycles. The fourth-order valence-corrected chi connectivity index (χ4v) is 5.49. The summed E-state index contributed by atoms with van der Waals surface area (Å²) < 4.78 is 6.37. The first-order valence-corrected chi connectivity index (χ1v) is 12.0. The van der Waals surface area contributed by atoms with E-state index >= 15 is 0 Å². The van der Waals surface area contributed by atoms with Gasteiger partial charge in [0.25, 0.3) is 0 Å². The van der Waals surface area contributed by atoms with Gasteiger partial charge < -0.3 is 19.9 Å². The fourth-order valence-electron chi connectivity index (χ4n) is 5.49. The first-order chi connectivity index (χ1) is 15.7. The molecule has 3 aliphatic heterocycles. The third-order valence-corrected chi connectivity index (χ3v) is 7.41. The molecule has 3 heterocycles. The number of piperidine rings is 1. The van der Waals surface area contributed by atoms with E-state index in [1.807, 2.05) is 35.2 Å². The van der Waals surface area contributed by atoms with E-state index in [9.17, 15) is 4.79 Å². The van der Waals surface area contributed by atoms with Gasteiger partial charge in [0.2, 0.25) is 0 Å². The van der Waals surface area contributed by atoms with E-state index in [1.54, 1.807) is 0 Å². The number of likely N-dealkylation sites (tertiary alicyclic amines) is 1. The number of urea groups is 1. The normalized spacial score (nSPS) is 23.8. The average molecular weight is 435 g/mol. The van der Waals surface area contributed by atoms with Crippen molar-refractivity contribution in [3.63, 3.8) is 0 Å². The number of nitrogens with one attached hydrogen (secondary N) is 1. The number of carbonyl (C=O) groups excluding carboxylic acids is 1. The molecule has 0 aromatic heterocycles. The second-order valence-corrected chi connectivity index (χ2v) is 9.32. The Bertz CT molecular complexity index is 875. The van der Waals surface area contributed by atoms with Crippen molar-refractivity contribution in [3.8, 4) is 0 Å². The Labute approximate surface area is 191 Å². The quantitative estimate of drug-likeness (QED) is 0.792. The van der Waals surface area contributed by atoms with Crippen molar-refractivity contribution in [2.24, 2.45) is 0 Å². The van der Waals surface area contributed by atoms with Crippen molar-refractivity contribution in [1.82, 2.24) is 9.80 Å². The fraction of sp³-hybridized carbons (Fsp3) is 0.500. The Balaban J connectivity index is 1.12. The Morgan fingerprint density at radius 3 is 2.22 bits per heavy atom. The molecule has 0 unspecified atom stereocenters. The summed E-state index contributed by atoms with van der Waals surface area (Å²) in [6.45, 7) is 6.74. The van der Waals surface area contributed by atoms with Crippen molar-refractivity contribution < 1.29 is 9.53 Å². The van der Waals surface area contributed by atoms with Gasteiger partial charge in [-0.15, -0.1) is 0 Å². The highest BCUT2D eigenvalue weighted by molar-refractivity contribution is 5.89. The largest absolute Gasteiger partial charge is 0.375 e. The van der Waals surface area contributed by atoms with Gasteiger partial charge in [0.15, 0.2) is 0 Å². The van der Waals surface area contributed by atoms with Gasteiger partial charge in [0.05, 0.1) is 5.60 Å². The highest BCUT2D eigenvalue weighted by Crippen LogP contribution is 2.37. The summed E-state index contributed by atoms with van der Waals surface area (Å²) in [5.74, 6) is 0. The first-order valence-electron chi connectivity index (χ1n) is 12.0. The molecule has 0 saturated carbocycles. The number of anilines is 2. The van der Waals surface area contributed by atoms with Crippen LogP contribution in [-0.4, -0.2) is 73.3 Å². The standard InChI is InChI=1S/C26H34N4O2/c31-25(27-22-7-3-1-4-8-22)30-14-12-26(13-15-30)21-24(11-20-32-26)29-18-16-28(17-19-29)23-9-5-2-6-10-23/h1-10,24H,11-21H2,(H,27,31)/t24-/m1/s1. The lowest BCUT2D eigenvalue weighted by molar-refractivity contribution is -0.129. The number of nitrogens with zero attached hydrogens (tertiary/aromatic N) is 3. The summed E-state index contributed by atoms with van der Waals surface area (Å²) in [4.78, 5) is 19.8. The monoisotopic (exact) mass is 434 g/mol. The molecule has 0 radical (unpaired) electrons. The summed E-state index contributed by atoms with van der Waals surface area (Å²) >= 11 is 0. The van der Waals surface area contributed by atoms with Gasteiger partial charge in [0.1, 0.15) is 0 Å². The second-order valence-electron chi connectivity index (χ2n) is 9.32. The molecule has 3 fully saturated rings. The van der Waals surface area contributed by atoms with Gasteiger partial charge >= 0.3 is 6.03 Å². The number of rotatable bonds is 3. The number of para-hydroxylation sites is 2. The zero-order chi connectivity index (χ0) is 21.8. The maximum atomic E-state index is 12.7. The van der Waals surface area contributed by atoms with E-state index < -0.39 is 0 Å². The number of ether oxygens (including phenoxy) is 1. The molecule has 2 amide bonds. The molecule has 3 aliphatic rings. The summed E-state index contributed by atoms with van der Waals surface area (Å²) in [5.41, 5.74) is 2.11. The predicted octanol–water partition coefficient (Wildman–Crippen LogP) is 4.05. The van der Waals surface area contributed by atoms with E-state index in [0.717, 1.165) is 77.2 Å². The zero-order valence-electron chi connectivity index (χ0n) is 18.8. The lowest BCUT2D eigenvalue weighted by Gasteiger charge is -2.49. The highest BCUT2D eigenvalue weighted by atomic mass is 16.5. The molecule has 3 saturated heterocycles. The van der Waals surface area contributed by atoms with Gasteiger partial charge in [-0.3, -0.25) is 4.90 Å². The number of hydrogen-bond donors (Lipinski definition) is 1. The summed E-state index contributed by atoms with van der Waals surface area (Å²) in [6, 6.07) is 21.0. The van der Waals surface area contributed by atoms with Crippen LogP contribution in [0.2, 0.25) is 0 Å². The minimum absolute atomic E-state index is 0.00422. The molecule has 5 rings (SSSR count). The molecule has 1 spiro atoms. The maximum absolute atomic E-state index is 12.7. The van der Waals surface area contributed by atoms with Crippen LogP contribution in [0.3, 0.4) is 0 Å². The molecule has 2 aromatic rings. The minimum Gasteiger partial charge on any atom is -0.375 e. The predicted molar refractivity (Wildman–Crippen MR) is 128 cm³/mol. The van der Waals surface area contributed by atoms with E-state index in [4.69, 9.17) is 4.74 Å². The van der Waals surface area contributed by atoms with Crippen LogP contribution < -0.4 is 10.2 Å². The minimum atomic E-state index is -0.0665. The molecular weight excluding hydrogens is 400 g/mol. The molecule has 6 heteroatoms. The maximum Gasteiger partial charge on any atom is 0.321 e. The van der Waals surface area contributed by atoms with Crippen molar-refractivity contribution >= 4 is 17.4 Å². The van der Waals surface area contributed by atoms with Crippen LogP contribution >= 0.6 is 0 Å². The lowest BCUT2D eigenvalue weighted by Crippen LogP contribution is -2.57. The molecule has 0 aliphatic carbocycles. The Morgan fingerprint density at radius 2 is 1.53 bits per heavy atom. The van der Waals surface area contributed by atoms with Gasteiger partial charge in [-0.1, -0.05) is 36.4 Å². The van der Waals surface area contributed by atoms with Gasteiger partial charge in [0, 0.05) is 63.3 Å². The topological polar surface area (TPSA) is 48.1 Å². The molecule has 1 N–H and O–H groups in total. The van der Waals surface area contributed by atoms with Crippen LogP contribution in [0.15, 0.2) is 60.7 Å². The van der Waals surface area contributed by atoms with Gasteiger partial charge in [-0.2, -0.15) is 0 Å². The molecular formula is C26H34N4O2. The van der Waals surface area contributed by atoms with Crippen LogP contribution in [0.4, 0.5) is 16.2 Å². The van der Waals surface area contributed by atoms with E-state index in [-0.39, 0.29) is 11.6 Å². The first kappa shape index (κ1) is 21.3. The Morgan fingerprint density at radius 1 is 0.875 bits per heavy atom. The van der Waals surface area contributed by atoms with Crippen LogP contribution in [0, 0.1) is 0 Å². The summed E-state index contributed by atoms with van der Waals surface area (Å²) in [7, 11) is 0. The molecule has 170 valence electrons. The zero-order valence-corrected chi connectivity index (χ0v) is 18.8. The highest BCUT2D eigenvalue weighted by Gasteiger charge is 2.43. The average Bonchev–Trinajstić information content (AvgIpc) is 2.86. The van der Waals surface area contributed by atoms with Crippen LogP contribution in [-0.2, 0) is 4.74 Å². The Kier molecular flexibility index (Phi) is 6.32. The molecule has 32 heavy (non-hydrogen) atoms. The lowest BCUT2D eigenvalue weighted by atomic mass is 9.81. The number of piperazine rings is 1. The van der Waals surface area contributed by atoms with Crippen LogP contribution in [0.5, 0.6) is 0 Å². The second kappa shape index (κ2) is 9.51. The molecule has 6 nitrogen and oxygen atoms in total. The number of carbonyl (C=O) groups is 1. The smallest absolute Gasteiger partial charge is 0.321 e. The van der Waals surface area contributed by atoms with E-state index in [1.165, 1.54) is 5.69 Å². The van der Waals surface area contributed by atoms with Gasteiger partial charge in [-0.25, -0.2) is 4.79 Å². The van der Waals surface area contributed by atoms with Crippen LogP contribution in [0.25, 0.3) is 0 Å². The third kappa shape index (κ3) is 4.76. The van der Waals surface area contributed by atoms with E-state index in [2.05, 4.69) is 45.4 Å². The SMILES string of the molecule is O=C(Nc1ccccc1)N1CCC2(CC1)C[C@H](N1CCN(c3ccccc3)CC1)CCO2. The van der Waals surface area contributed by atoms with E-state index in [0.29, 0.717) is 6.04 Å². The van der Waals surface area contributed by atoms with Gasteiger partial charge in [-0.05, 0) is 49.9 Å². The molecule has 1 atom stereocenters. The number of amides is 2. The summed E-state index contributed by atoms with van der Waals surface area (Å²) in [5, 5.41) is 3.01. The molecule has 0 bridgehead atoms. The van der Waals surface area contributed by atoms with Crippen molar-refractivity contribution in [1.29, 1.82) is 0 Å². The van der Waals surface area contributed by atoms with Crippen molar-refractivity contribution in [3.05, 3.63) is 60.7 Å². The third-order valence-electron chi connectivity index (χ3n) is 7.41. The summed E-state index contributed by atoms with van der Waals surface area (Å²) in [6.07, 6.45) is 4.06. The van der Waals surface area contributed by atoms with Crippen molar-refractivity contribution in [2.45, 2.75) is 37.3 Å².